The van der Waals surface area contributed by atoms with Gasteiger partial charge in [-0.05, 0) is 25.8 Å². The van der Waals surface area contributed by atoms with Crippen LogP contribution in [0.15, 0.2) is 12.4 Å². The van der Waals surface area contributed by atoms with Crippen molar-refractivity contribution in [2.75, 3.05) is 19.6 Å². The van der Waals surface area contributed by atoms with Crippen LogP contribution in [0.1, 0.15) is 26.2 Å². The molecule has 6 nitrogen and oxygen atoms in total. The lowest BCUT2D eigenvalue weighted by Gasteiger charge is -2.34. The fourth-order valence-corrected chi connectivity index (χ4v) is 2.40. The molecule has 1 atom stereocenters. The molecule has 2 heterocycles. The van der Waals surface area contributed by atoms with Crippen LogP contribution in [0.25, 0.3) is 0 Å². The standard InChI is InChI=1S/C12H21N5O/c1-2-7-17(11-4-3-5-13-9-11)12(18)10-16-8-6-14-15-16/h6,8,11,13H,2-5,7,9-10H2,1H3. The molecule has 0 bridgehead atoms. The number of hydrogen-bond donors (Lipinski definition) is 1. The van der Waals surface area contributed by atoms with E-state index in [2.05, 4.69) is 22.6 Å². The minimum atomic E-state index is 0.135. The molecule has 18 heavy (non-hydrogen) atoms. The van der Waals surface area contributed by atoms with E-state index in [0.29, 0.717) is 6.04 Å². The van der Waals surface area contributed by atoms with Crippen molar-refractivity contribution in [2.45, 2.75) is 38.8 Å². The average Bonchev–Trinajstić information content (AvgIpc) is 2.89. The third kappa shape index (κ3) is 3.29. The van der Waals surface area contributed by atoms with E-state index in [1.54, 1.807) is 17.1 Å². The van der Waals surface area contributed by atoms with E-state index in [-0.39, 0.29) is 12.5 Å². The van der Waals surface area contributed by atoms with Crippen LogP contribution in [-0.4, -0.2) is 51.5 Å². The van der Waals surface area contributed by atoms with Gasteiger partial charge in [0.25, 0.3) is 0 Å². The summed E-state index contributed by atoms with van der Waals surface area (Å²) >= 11 is 0. The number of carbonyl (C=O) groups is 1. The molecule has 0 radical (unpaired) electrons. The highest BCUT2D eigenvalue weighted by Gasteiger charge is 2.24. The molecule has 100 valence electrons. The summed E-state index contributed by atoms with van der Waals surface area (Å²) in [6.45, 7) is 5.18. The van der Waals surface area contributed by atoms with Crippen LogP contribution in [0.2, 0.25) is 0 Å². The van der Waals surface area contributed by atoms with Gasteiger partial charge in [-0.3, -0.25) is 4.79 Å². The van der Waals surface area contributed by atoms with Gasteiger partial charge in [-0.25, -0.2) is 4.68 Å². The third-order valence-electron chi connectivity index (χ3n) is 3.27. The zero-order valence-electron chi connectivity index (χ0n) is 10.9. The van der Waals surface area contributed by atoms with Gasteiger partial charge in [0.2, 0.25) is 5.91 Å². The van der Waals surface area contributed by atoms with E-state index in [1.165, 1.54) is 0 Å². The van der Waals surface area contributed by atoms with E-state index in [0.717, 1.165) is 38.9 Å². The highest BCUT2D eigenvalue weighted by Crippen LogP contribution is 2.11. The molecule has 1 aromatic heterocycles. The fraction of sp³-hybridized carbons (Fsp3) is 0.750. The van der Waals surface area contributed by atoms with E-state index in [1.807, 2.05) is 4.90 Å². The summed E-state index contributed by atoms with van der Waals surface area (Å²) in [6.07, 6.45) is 6.54. The second-order valence-electron chi connectivity index (χ2n) is 4.69. The Hall–Kier alpha value is -1.43. The molecule has 0 aliphatic carbocycles. The lowest BCUT2D eigenvalue weighted by atomic mass is 10.1. The molecule has 1 fully saturated rings. The molecule has 1 amide bonds. The minimum Gasteiger partial charge on any atom is -0.337 e. The zero-order chi connectivity index (χ0) is 12.8. The maximum atomic E-state index is 12.3. The molecule has 0 saturated carbocycles. The van der Waals surface area contributed by atoms with Crippen LogP contribution in [0.3, 0.4) is 0 Å². The number of piperidine rings is 1. The van der Waals surface area contributed by atoms with Gasteiger partial charge in [0.1, 0.15) is 6.54 Å². The highest BCUT2D eigenvalue weighted by atomic mass is 16.2. The van der Waals surface area contributed by atoms with Crippen molar-refractivity contribution in [2.24, 2.45) is 0 Å². The van der Waals surface area contributed by atoms with Crippen LogP contribution < -0.4 is 5.32 Å². The Morgan fingerprint density at radius 1 is 1.61 bits per heavy atom. The van der Waals surface area contributed by atoms with Gasteiger partial charge in [-0.2, -0.15) is 0 Å². The first kappa shape index (κ1) is 13.0. The maximum Gasteiger partial charge on any atom is 0.244 e. The number of rotatable bonds is 5. The van der Waals surface area contributed by atoms with Crippen molar-refractivity contribution in [3.05, 3.63) is 12.4 Å². The van der Waals surface area contributed by atoms with Gasteiger partial charge < -0.3 is 10.2 Å². The van der Waals surface area contributed by atoms with Crippen molar-refractivity contribution in [1.29, 1.82) is 0 Å². The van der Waals surface area contributed by atoms with Crippen LogP contribution in [-0.2, 0) is 11.3 Å². The summed E-state index contributed by atoms with van der Waals surface area (Å²) in [5, 5.41) is 10.9. The molecule has 1 saturated heterocycles. The zero-order valence-corrected chi connectivity index (χ0v) is 10.9. The van der Waals surface area contributed by atoms with Gasteiger partial charge in [-0.15, -0.1) is 5.10 Å². The number of hydrogen-bond acceptors (Lipinski definition) is 4. The van der Waals surface area contributed by atoms with Crippen LogP contribution in [0, 0.1) is 0 Å². The Balaban J connectivity index is 1.97. The first-order valence-electron chi connectivity index (χ1n) is 6.65. The monoisotopic (exact) mass is 251 g/mol. The normalized spacial score (nSPS) is 19.7. The lowest BCUT2D eigenvalue weighted by molar-refractivity contribution is -0.134. The topological polar surface area (TPSA) is 63.1 Å². The average molecular weight is 251 g/mol. The molecular weight excluding hydrogens is 230 g/mol. The van der Waals surface area contributed by atoms with Crippen molar-refractivity contribution < 1.29 is 4.79 Å². The molecule has 1 aromatic rings. The van der Waals surface area contributed by atoms with Crippen LogP contribution >= 0.6 is 0 Å². The second-order valence-corrected chi connectivity index (χ2v) is 4.69. The van der Waals surface area contributed by atoms with E-state index >= 15 is 0 Å². The van der Waals surface area contributed by atoms with Crippen molar-refractivity contribution >= 4 is 5.91 Å². The van der Waals surface area contributed by atoms with Crippen LogP contribution in [0.4, 0.5) is 0 Å². The Morgan fingerprint density at radius 3 is 3.11 bits per heavy atom. The Labute approximate surface area is 107 Å². The molecule has 1 aliphatic heterocycles. The smallest absolute Gasteiger partial charge is 0.244 e. The van der Waals surface area contributed by atoms with Crippen molar-refractivity contribution in [1.82, 2.24) is 25.2 Å². The molecule has 0 spiro atoms. The molecule has 1 N–H and O–H groups in total. The van der Waals surface area contributed by atoms with Gasteiger partial charge in [0, 0.05) is 25.3 Å². The summed E-state index contributed by atoms with van der Waals surface area (Å²) in [4.78, 5) is 14.3. The number of nitrogens with zero attached hydrogens (tertiary/aromatic N) is 4. The van der Waals surface area contributed by atoms with Crippen molar-refractivity contribution in [3.63, 3.8) is 0 Å². The number of nitrogens with one attached hydrogen (secondary N) is 1. The number of carbonyl (C=O) groups excluding carboxylic acids is 1. The Morgan fingerprint density at radius 2 is 2.50 bits per heavy atom. The quantitative estimate of drug-likeness (QED) is 0.816. The molecule has 0 aromatic carbocycles. The summed E-state index contributed by atoms with van der Waals surface area (Å²) < 4.78 is 1.58. The predicted molar refractivity (Wildman–Crippen MR) is 67.9 cm³/mol. The highest BCUT2D eigenvalue weighted by molar-refractivity contribution is 5.76. The summed E-state index contributed by atoms with van der Waals surface area (Å²) in [5.41, 5.74) is 0. The lowest BCUT2D eigenvalue weighted by Crippen LogP contribution is -2.50. The molecule has 2 rings (SSSR count). The number of aromatic nitrogens is 3. The van der Waals surface area contributed by atoms with Gasteiger partial charge in [0.05, 0.1) is 6.20 Å². The predicted octanol–water partition coefficient (Wildman–Crippen LogP) is 0.269. The third-order valence-corrected chi connectivity index (χ3v) is 3.27. The Kier molecular flexibility index (Phi) is 4.69. The van der Waals surface area contributed by atoms with Gasteiger partial charge in [0.15, 0.2) is 0 Å². The van der Waals surface area contributed by atoms with Gasteiger partial charge in [-0.1, -0.05) is 12.1 Å². The summed E-state index contributed by atoms with van der Waals surface area (Å²) in [7, 11) is 0. The molecule has 6 heteroatoms. The van der Waals surface area contributed by atoms with Crippen LogP contribution in [0.5, 0.6) is 0 Å². The molecule has 1 aliphatic rings. The first-order valence-corrected chi connectivity index (χ1v) is 6.65. The number of amides is 1. The largest absolute Gasteiger partial charge is 0.337 e. The van der Waals surface area contributed by atoms with Crippen molar-refractivity contribution in [3.8, 4) is 0 Å². The first-order chi connectivity index (χ1) is 8.81. The van der Waals surface area contributed by atoms with E-state index < -0.39 is 0 Å². The summed E-state index contributed by atoms with van der Waals surface area (Å²) in [6, 6.07) is 0.328. The molecule has 1 unspecified atom stereocenters. The Bertz CT molecular complexity index is 359. The maximum absolute atomic E-state index is 12.3. The van der Waals surface area contributed by atoms with E-state index in [4.69, 9.17) is 0 Å². The second kappa shape index (κ2) is 6.49. The fourth-order valence-electron chi connectivity index (χ4n) is 2.40. The van der Waals surface area contributed by atoms with Gasteiger partial charge >= 0.3 is 0 Å². The minimum absolute atomic E-state index is 0.135. The molecular formula is C12H21N5O. The summed E-state index contributed by atoms with van der Waals surface area (Å²) in [5.74, 6) is 0.135. The SMILES string of the molecule is CCCN(C(=O)Cn1ccnn1)C1CCCNC1. The van der Waals surface area contributed by atoms with E-state index in [9.17, 15) is 4.79 Å².